The fraction of sp³-hybridized carbons (Fsp3) is 0.368. The van der Waals surface area contributed by atoms with Crippen LogP contribution in [-0.4, -0.2) is 39.0 Å². The van der Waals surface area contributed by atoms with Crippen LogP contribution in [0.3, 0.4) is 0 Å². The van der Waals surface area contributed by atoms with E-state index in [-0.39, 0.29) is 6.61 Å². The first-order chi connectivity index (χ1) is 12.1. The summed E-state index contributed by atoms with van der Waals surface area (Å²) in [5.74, 6) is 1.14. The monoisotopic (exact) mass is 340 g/mol. The molecular formula is C19H24N4O2. The summed E-state index contributed by atoms with van der Waals surface area (Å²) in [6.07, 6.45) is 1.11. The second-order valence-corrected chi connectivity index (χ2v) is 6.36. The van der Waals surface area contributed by atoms with Gasteiger partial charge in [-0.25, -0.2) is 4.98 Å². The van der Waals surface area contributed by atoms with Gasteiger partial charge in [0.05, 0.1) is 25.5 Å². The predicted octanol–water partition coefficient (Wildman–Crippen LogP) is 2.84. The average molecular weight is 340 g/mol. The Morgan fingerprint density at radius 2 is 2.00 bits per heavy atom. The number of ether oxygens (including phenoxy) is 1. The zero-order valence-electron chi connectivity index (χ0n) is 14.6. The van der Waals surface area contributed by atoms with Gasteiger partial charge in [-0.05, 0) is 11.5 Å². The lowest BCUT2D eigenvalue weighted by molar-refractivity contribution is 0.0348. The summed E-state index contributed by atoms with van der Waals surface area (Å²) in [5.41, 5.74) is 2.88. The van der Waals surface area contributed by atoms with Crippen LogP contribution in [0.5, 0.6) is 0 Å². The molecule has 3 aromatic rings. The molecule has 0 saturated carbocycles. The van der Waals surface area contributed by atoms with Crippen molar-refractivity contribution in [2.75, 3.05) is 18.5 Å². The first-order valence-corrected chi connectivity index (χ1v) is 8.52. The van der Waals surface area contributed by atoms with Crippen LogP contribution in [0.4, 0.5) is 5.82 Å². The molecule has 1 aromatic carbocycles. The van der Waals surface area contributed by atoms with E-state index in [1.54, 1.807) is 10.7 Å². The summed E-state index contributed by atoms with van der Waals surface area (Å²) in [4.78, 5) is 4.58. The van der Waals surface area contributed by atoms with Crippen molar-refractivity contribution in [2.45, 2.75) is 32.5 Å². The molecule has 0 unspecified atom stereocenters. The van der Waals surface area contributed by atoms with Crippen molar-refractivity contribution >= 4 is 11.5 Å². The fourth-order valence-electron chi connectivity index (χ4n) is 2.52. The summed E-state index contributed by atoms with van der Waals surface area (Å²) in [6, 6.07) is 13.8. The Bertz CT molecular complexity index is 802. The predicted molar refractivity (Wildman–Crippen MR) is 97.7 cm³/mol. The van der Waals surface area contributed by atoms with Crippen molar-refractivity contribution in [2.24, 2.45) is 0 Å². The Morgan fingerprint density at radius 3 is 2.76 bits per heavy atom. The number of anilines is 1. The van der Waals surface area contributed by atoms with Crippen LogP contribution in [0, 0.1) is 0 Å². The molecule has 2 N–H and O–H groups in total. The minimum Gasteiger partial charge on any atom is -0.389 e. The maximum absolute atomic E-state index is 10.2. The molecule has 25 heavy (non-hydrogen) atoms. The first kappa shape index (κ1) is 17.4. The number of aliphatic hydroxyl groups excluding tert-OH is 1. The van der Waals surface area contributed by atoms with E-state index in [9.17, 15) is 5.11 Å². The number of aliphatic hydroxyl groups is 1. The zero-order valence-corrected chi connectivity index (χ0v) is 14.6. The third-order valence-corrected chi connectivity index (χ3v) is 3.91. The Morgan fingerprint density at radius 1 is 1.20 bits per heavy atom. The summed E-state index contributed by atoms with van der Waals surface area (Å²) in [6.45, 7) is 5.35. The van der Waals surface area contributed by atoms with Crippen molar-refractivity contribution < 1.29 is 9.84 Å². The van der Waals surface area contributed by atoms with Crippen LogP contribution >= 0.6 is 0 Å². The van der Waals surface area contributed by atoms with E-state index in [1.165, 1.54) is 0 Å². The van der Waals surface area contributed by atoms with Gasteiger partial charge in [0.25, 0.3) is 0 Å². The molecule has 0 saturated heterocycles. The second kappa shape index (κ2) is 8.09. The SMILES string of the molecule is CC(C)c1cc(NC[C@@H](O)COCc2ccccc2)n2nccc2n1. The second-order valence-electron chi connectivity index (χ2n) is 6.36. The van der Waals surface area contributed by atoms with E-state index >= 15 is 0 Å². The molecular weight excluding hydrogens is 316 g/mol. The van der Waals surface area contributed by atoms with Gasteiger partial charge < -0.3 is 15.2 Å². The highest BCUT2D eigenvalue weighted by atomic mass is 16.5. The number of nitrogens with zero attached hydrogens (tertiary/aromatic N) is 3. The largest absolute Gasteiger partial charge is 0.389 e. The van der Waals surface area contributed by atoms with E-state index in [4.69, 9.17) is 4.74 Å². The van der Waals surface area contributed by atoms with Crippen LogP contribution in [-0.2, 0) is 11.3 Å². The normalized spacial score (nSPS) is 12.6. The molecule has 6 heteroatoms. The minimum atomic E-state index is -0.606. The van der Waals surface area contributed by atoms with E-state index in [0.717, 1.165) is 22.7 Å². The van der Waals surface area contributed by atoms with Gasteiger partial charge in [0.1, 0.15) is 5.82 Å². The van der Waals surface area contributed by atoms with Gasteiger partial charge >= 0.3 is 0 Å². The lowest BCUT2D eigenvalue weighted by atomic mass is 10.1. The molecule has 1 atom stereocenters. The van der Waals surface area contributed by atoms with Crippen molar-refractivity contribution in [1.29, 1.82) is 0 Å². The third kappa shape index (κ3) is 4.55. The number of aromatic nitrogens is 3. The summed E-state index contributed by atoms with van der Waals surface area (Å²) >= 11 is 0. The molecule has 0 fully saturated rings. The lowest BCUT2D eigenvalue weighted by Crippen LogP contribution is -2.25. The highest BCUT2D eigenvalue weighted by Gasteiger charge is 2.11. The topological polar surface area (TPSA) is 71.7 Å². The molecule has 0 aliphatic heterocycles. The average Bonchev–Trinajstić information content (AvgIpc) is 3.09. The number of hydrogen-bond acceptors (Lipinski definition) is 5. The van der Waals surface area contributed by atoms with Crippen LogP contribution in [0.25, 0.3) is 5.65 Å². The molecule has 6 nitrogen and oxygen atoms in total. The maximum atomic E-state index is 10.2. The fourth-order valence-corrected chi connectivity index (χ4v) is 2.52. The van der Waals surface area contributed by atoms with Crippen molar-refractivity contribution in [3.05, 3.63) is 59.9 Å². The summed E-state index contributed by atoms with van der Waals surface area (Å²) in [5, 5.41) is 17.7. The van der Waals surface area contributed by atoms with Gasteiger partial charge in [0.15, 0.2) is 5.65 Å². The van der Waals surface area contributed by atoms with E-state index < -0.39 is 6.10 Å². The highest BCUT2D eigenvalue weighted by Crippen LogP contribution is 2.18. The first-order valence-electron chi connectivity index (χ1n) is 8.52. The minimum absolute atomic E-state index is 0.270. The van der Waals surface area contributed by atoms with Gasteiger partial charge in [-0.1, -0.05) is 44.2 Å². The van der Waals surface area contributed by atoms with Crippen LogP contribution in [0.2, 0.25) is 0 Å². The molecule has 2 heterocycles. The summed E-state index contributed by atoms with van der Waals surface area (Å²) in [7, 11) is 0. The van der Waals surface area contributed by atoms with Crippen molar-refractivity contribution in [3.63, 3.8) is 0 Å². The van der Waals surface area contributed by atoms with Crippen molar-refractivity contribution in [1.82, 2.24) is 14.6 Å². The van der Waals surface area contributed by atoms with Gasteiger partial charge in [-0.3, -0.25) is 0 Å². The molecule has 2 aromatic heterocycles. The summed E-state index contributed by atoms with van der Waals surface area (Å²) < 4.78 is 7.32. The maximum Gasteiger partial charge on any atom is 0.157 e. The molecule has 0 aliphatic carbocycles. The van der Waals surface area contributed by atoms with Gasteiger partial charge in [0.2, 0.25) is 0 Å². The van der Waals surface area contributed by atoms with Gasteiger partial charge in [-0.2, -0.15) is 9.61 Å². The van der Waals surface area contributed by atoms with Crippen LogP contribution < -0.4 is 5.32 Å². The highest BCUT2D eigenvalue weighted by molar-refractivity contribution is 5.49. The van der Waals surface area contributed by atoms with Gasteiger partial charge in [-0.15, -0.1) is 0 Å². The molecule has 0 radical (unpaired) electrons. The van der Waals surface area contributed by atoms with Gasteiger partial charge in [0, 0.05) is 24.4 Å². The molecule has 0 spiro atoms. The molecule has 3 rings (SSSR count). The molecule has 0 amide bonds. The number of rotatable bonds is 8. The van der Waals surface area contributed by atoms with E-state index in [1.807, 2.05) is 42.5 Å². The number of nitrogens with one attached hydrogen (secondary N) is 1. The Balaban J connectivity index is 1.55. The van der Waals surface area contributed by atoms with Crippen LogP contribution in [0.15, 0.2) is 48.7 Å². The number of fused-ring (bicyclic) bond motifs is 1. The molecule has 132 valence electrons. The quantitative estimate of drug-likeness (QED) is 0.660. The molecule has 0 bridgehead atoms. The van der Waals surface area contributed by atoms with Crippen molar-refractivity contribution in [3.8, 4) is 0 Å². The lowest BCUT2D eigenvalue weighted by Gasteiger charge is -2.15. The standard InChI is InChI=1S/C19H24N4O2/c1-14(2)17-10-19(23-18(22-17)8-9-21-23)20-11-16(24)13-25-12-15-6-4-3-5-7-15/h3-10,14,16,20,24H,11-13H2,1-2H3/t16-/m1/s1. The Labute approximate surface area is 147 Å². The third-order valence-electron chi connectivity index (χ3n) is 3.91. The number of hydrogen-bond donors (Lipinski definition) is 2. The van der Waals surface area contributed by atoms with Crippen LogP contribution in [0.1, 0.15) is 31.0 Å². The molecule has 0 aliphatic rings. The van der Waals surface area contributed by atoms with E-state index in [0.29, 0.717) is 19.1 Å². The smallest absolute Gasteiger partial charge is 0.157 e. The zero-order chi connectivity index (χ0) is 17.6. The Hall–Kier alpha value is -2.44. The number of benzene rings is 1. The van der Waals surface area contributed by atoms with E-state index in [2.05, 4.69) is 29.2 Å². The Kier molecular flexibility index (Phi) is 5.63.